The van der Waals surface area contributed by atoms with Gasteiger partial charge in [-0.15, -0.1) is 0 Å². The summed E-state index contributed by atoms with van der Waals surface area (Å²) in [4.78, 5) is 12.0. The Balaban J connectivity index is 1.52. The van der Waals surface area contributed by atoms with E-state index in [0.29, 0.717) is 18.4 Å². The molecule has 2 heteroatoms. The van der Waals surface area contributed by atoms with E-state index in [4.69, 9.17) is 4.74 Å². The first-order chi connectivity index (χ1) is 9.16. The maximum Gasteiger partial charge on any atom is 0.309 e. The minimum Gasteiger partial charge on any atom is -0.465 e. The van der Waals surface area contributed by atoms with Gasteiger partial charge < -0.3 is 4.74 Å². The zero-order valence-corrected chi connectivity index (χ0v) is 12.4. The fraction of sp³-hybridized carbons (Fsp3) is 0.941. The molecule has 108 valence electrons. The number of carbonyl (C=O) groups excluding carboxylic acids is 1. The number of cyclic esters (lactones) is 1. The molecule has 0 aromatic carbocycles. The van der Waals surface area contributed by atoms with Gasteiger partial charge in [0.15, 0.2) is 0 Å². The Kier molecular flexibility index (Phi) is 3.86. The quantitative estimate of drug-likeness (QED) is 0.553. The van der Waals surface area contributed by atoms with E-state index in [9.17, 15) is 4.79 Å². The molecule has 2 aliphatic carbocycles. The van der Waals surface area contributed by atoms with Crippen LogP contribution < -0.4 is 0 Å². The third-order valence-corrected chi connectivity index (χ3v) is 5.89. The molecule has 0 amide bonds. The van der Waals surface area contributed by atoms with Crippen LogP contribution in [0.1, 0.15) is 58.8 Å². The molecule has 3 fully saturated rings. The van der Waals surface area contributed by atoms with Gasteiger partial charge in [-0.2, -0.15) is 0 Å². The highest BCUT2D eigenvalue weighted by Gasteiger charge is 2.56. The standard InChI is InChI=1S/C17H28O2/c1-11(2)5-3-4-6-12-9-13-10-15(12)16-14(13)7-8-19-17(16)18/h11-16H,3-10H2,1-2H3. The van der Waals surface area contributed by atoms with Crippen molar-refractivity contribution in [2.75, 3.05) is 6.61 Å². The fourth-order valence-corrected chi connectivity index (χ4v) is 5.05. The van der Waals surface area contributed by atoms with Gasteiger partial charge in [-0.05, 0) is 48.9 Å². The molecule has 0 aromatic heterocycles. The molecule has 0 aromatic rings. The first-order valence-corrected chi connectivity index (χ1v) is 8.33. The molecule has 2 bridgehead atoms. The predicted molar refractivity (Wildman–Crippen MR) is 75.6 cm³/mol. The third kappa shape index (κ3) is 2.55. The molecule has 3 rings (SSSR count). The van der Waals surface area contributed by atoms with E-state index in [-0.39, 0.29) is 11.9 Å². The molecule has 0 radical (unpaired) electrons. The van der Waals surface area contributed by atoms with Gasteiger partial charge in [0.2, 0.25) is 0 Å². The average Bonchev–Trinajstić information content (AvgIpc) is 2.93. The lowest BCUT2D eigenvalue weighted by Gasteiger charge is -2.37. The van der Waals surface area contributed by atoms with E-state index in [1.54, 1.807) is 0 Å². The van der Waals surface area contributed by atoms with Crippen LogP contribution in [0.15, 0.2) is 0 Å². The van der Waals surface area contributed by atoms with E-state index in [0.717, 1.165) is 24.2 Å². The molecule has 1 heterocycles. The normalized spacial score (nSPS) is 40.6. The van der Waals surface area contributed by atoms with E-state index >= 15 is 0 Å². The second kappa shape index (κ2) is 5.46. The minimum absolute atomic E-state index is 0.135. The monoisotopic (exact) mass is 264 g/mol. The molecular weight excluding hydrogens is 236 g/mol. The summed E-state index contributed by atoms with van der Waals surface area (Å²) in [6.45, 7) is 5.29. The van der Waals surface area contributed by atoms with E-state index < -0.39 is 0 Å². The van der Waals surface area contributed by atoms with Gasteiger partial charge in [-0.25, -0.2) is 0 Å². The second-order valence-electron chi connectivity index (χ2n) is 7.48. The van der Waals surface area contributed by atoms with Gasteiger partial charge in [0.1, 0.15) is 0 Å². The second-order valence-corrected chi connectivity index (χ2v) is 7.48. The van der Waals surface area contributed by atoms with Crippen molar-refractivity contribution in [3.05, 3.63) is 0 Å². The Morgan fingerprint density at radius 2 is 2.05 bits per heavy atom. The summed E-state index contributed by atoms with van der Waals surface area (Å²) in [5.41, 5.74) is 0. The molecule has 2 saturated carbocycles. The fourth-order valence-electron chi connectivity index (χ4n) is 5.05. The van der Waals surface area contributed by atoms with Gasteiger partial charge in [-0.3, -0.25) is 4.79 Å². The van der Waals surface area contributed by atoms with Gasteiger partial charge >= 0.3 is 5.97 Å². The van der Waals surface area contributed by atoms with Gasteiger partial charge in [0.25, 0.3) is 0 Å². The minimum atomic E-state index is 0.135. The number of rotatable bonds is 5. The Morgan fingerprint density at radius 3 is 2.84 bits per heavy atom. The molecule has 2 nitrogen and oxygen atoms in total. The Morgan fingerprint density at radius 1 is 1.21 bits per heavy atom. The number of ether oxygens (including phenoxy) is 1. The number of fused-ring (bicyclic) bond motifs is 5. The van der Waals surface area contributed by atoms with E-state index in [2.05, 4.69) is 13.8 Å². The van der Waals surface area contributed by atoms with Crippen LogP contribution in [0.25, 0.3) is 0 Å². The highest BCUT2D eigenvalue weighted by atomic mass is 16.5. The number of hydrogen-bond acceptors (Lipinski definition) is 2. The summed E-state index contributed by atoms with van der Waals surface area (Å²) in [5.74, 6) is 4.26. The molecule has 5 atom stereocenters. The van der Waals surface area contributed by atoms with Crippen molar-refractivity contribution in [1.82, 2.24) is 0 Å². The van der Waals surface area contributed by atoms with Crippen molar-refractivity contribution in [2.24, 2.45) is 35.5 Å². The van der Waals surface area contributed by atoms with Gasteiger partial charge in [0.05, 0.1) is 12.5 Å². The summed E-state index contributed by atoms with van der Waals surface area (Å²) in [6, 6.07) is 0. The maximum absolute atomic E-state index is 12.0. The maximum atomic E-state index is 12.0. The number of unbranched alkanes of at least 4 members (excludes halogenated alkanes) is 1. The first kappa shape index (κ1) is 13.5. The summed E-state index contributed by atoms with van der Waals surface area (Å²) in [7, 11) is 0. The zero-order valence-electron chi connectivity index (χ0n) is 12.4. The van der Waals surface area contributed by atoms with Crippen LogP contribution >= 0.6 is 0 Å². The molecule has 1 aliphatic heterocycles. The average molecular weight is 264 g/mol. The van der Waals surface area contributed by atoms with Crippen molar-refractivity contribution >= 4 is 5.97 Å². The van der Waals surface area contributed by atoms with Crippen LogP contribution in [0.3, 0.4) is 0 Å². The SMILES string of the molecule is CC(C)CCCCC1CC2CC1C1C(=O)OCCC21. The van der Waals surface area contributed by atoms with Crippen molar-refractivity contribution in [2.45, 2.75) is 58.8 Å². The van der Waals surface area contributed by atoms with Gasteiger partial charge in [-0.1, -0.05) is 39.5 Å². The number of hydrogen-bond donors (Lipinski definition) is 0. The van der Waals surface area contributed by atoms with Crippen molar-refractivity contribution in [3.8, 4) is 0 Å². The smallest absolute Gasteiger partial charge is 0.309 e. The Bertz CT molecular complexity index is 336. The molecule has 3 aliphatic rings. The summed E-state index contributed by atoms with van der Waals surface area (Å²) in [5, 5.41) is 0. The van der Waals surface area contributed by atoms with Crippen LogP contribution in [0, 0.1) is 35.5 Å². The molecule has 19 heavy (non-hydrogen) atoms. The van der Waals surface area contributed by atoms with Crippen molar-refractivity contribution < 1.29 is 9.53 Å². The van der Waals surface area contributed by atoms with Crippen molar-refractivity contribution in [1.29, 1.82) is 0 Å². The van der Waals surface area contributed by atoms with E-state index in [1.807, 2.05) is 0 Å². The van der Waals surface area contributed by atoms with Crippen molar-refractivity contribution in [3.63, 3.8) is 0 Å². The van der Waals surface area contributed by atoms with Crippen LogP contribution in [0.2, 0.25) is 0 Å². The molecule has 1 saturated heterocycles. The highest BCUT2D eigenvalue weighted by Crippen LogP contribution is 2.58. The van der Waals surface area contributed by atoms with Gasteiger partial charge in [0, 0.05) is 0 Å². The van der Waals surface area contributed by atoms with Crippen LogP contribution in [-0.4, -0.2) is 12.6 Å². The lowest BCUT2D eigenvalue weighted by molar-refractivity contribution is -0.160. The molecular formula is C17H28O2. The van der Waals surface area contributed by atoms with E-state index in [1.165, 1.54) is 38.5 Å². The summed E-state index contributed by atoms with van der Waals surface area (Å²) >= 11 is 0. The first-order valence-electron chi connectivity index (χ1n) is 8.33. The molecule has 5 unspecified atom stereocenters. The number of esters is 1. The zero-order chi connectivity index (χ0) is 13.4. The Labute approximate surface area is 117 Å². The lowest BCUT2D eigenvalue weighted by Crippen LogP contribution is -2.39. The summed E-state index contributed by atoms with van der Waals surface area (Å²) < 4.78 is 5.31. The molecule has 0 spiro atoms. The lowest BCUT2D eigenvalue weighted by atomic mass is 9.70. The topological polar surface area (TPSA) is 26.3 Å². The Hall–Kier alpha value is -0.530. The third-order valence-electron chi connectivity index (χ3n) is 5.89. The molecule has 0 N–H and O–H groups in total. The number of carbonyl (C=O) groups is 1. The summed E-state index contributed by atoms with van der Waals surface area (Å²) in [6.07, 6.45) is 9.29. The van der Waals surface area contributed by atoms with Crippen LogP contribution in [0.5, 0.6) is 0 Å². The van der Waals surface area contributed by atoms with Crippen LogP contribution in [-0.2, 0) is 9.53 Å². The highest BCUT2D eigenvalue weighted by molar-refractivity contribution is 5.74. The predicted octanol–water partition coefficient (Wildman–Crippen LogP) is 4.04. The largest absolute Gasteiger partial charge is 0.465 e. The van der Waals surface area contributed by atoms with Crippen LogP contribution in [0.4, 0.5) is 0 Å².